The number of rotatable bonds is 5. The zero-order chi connectivity index (χ0) is 20.3. The lowest BCUT2D eigenvalue weighted by Gasteiger charge is -2.14. The van der Waals surface area contributed by atoms with Crippen molar-refractivity contribution in [1.29, 1.82) is 0 Å². The van der Waals surface area contributed by atoms with E-state index in [1.165, 1.54) is 22.9 Å². The number of alkyl halides is 3. The van der Waals surface area contributed by atoms with Gasteiger partial charge in [-0.3, -0.25) is 0 Å². The van der Waals surface area contributed by atoms with E-state index in [9.17, 15) is 18.0 Å². The first-order valence-corrected chi connectivity index (χ1v) is 8.48. The van der Waals surface area contributed by atoms with E-state index in [4.69, 9.17) is 4.74 Å². The van der Waals surface area contributed by atoms with Crippen LogP contribution in [0.5, 0.6) is 5.75 Å². The van der Waals surface area contributed by atoms with Gasteiger partial charge in [-0.2, -0.15) is 5.10 Å². The maximum absolute atomic E-state index is 12.7. The summed E-state index contributed by atoms with van der Waals surface area (Å²) in [6.45, 7) is 3.64. The molecule has 0 radical (unpaired) electrons. The molecule has 0 saturated heterocycles. The van der Waals surface area contributed by atoms with E-state index in [2.05, 4.69) is 9.84 Å². The largest absolute Gasteiger partial charge is 0.573 e. The highest BCUT2D eigenvalue weighted by molar-refractivity contribution is 5.88. The van der Waals surface area contributed by atoms with Gasteiger partial charge >= 0.3 is 12.3 Å². The SMILES string of the molecule is CCOC(=O)c1cc(C)nn1-c1cccc(-c2ccccc2OC(F)(F)F)c1. The lowest BCUT2D eigenvalue weighted by atomic mass is 10.0. The third kappa shape index (κ3) is 4.33. The van der Waals surface area contributed by atoms with Crippen molar-refractivity contribution in [2.45, 2.75) is 20.2 Å². The lowest BCUT2D eigenvalue weighted by molar-refractivity contribution is -0.274. The van der Waals surface area contributed by atoms with Gasteiger partial charge in [0.1, 0.15) is 5.75 Å². The zero-order valence-electron chi connectivity index (χ0n) is 15.2. The number of carbonyl (C=O) groups excluding carboxylic acids is 1. The first-order chi connectivity index (χ1) is 13.3. The Morgan fingerprint density at radius 1 is 1.11 bits per heavy atom. The molecular weight excluding hydrogens is 373 g/mol. The van der Waals surface area contributed by atoms with Gasteiger partial charge in [0.15, 0.2) is 5.69 Å². The minimum atomic E-state index is -4.80. The van der Waals surface area contributed by atoms with E-state index < -0.39 is 12.3 Å². The highest BCUT2D eigenvalue weighted by atomic mass is 19.4. The van der Waals surface area contributed by atoms with Crippen molar-refractivity contribution in [2.24, 2.45) is 0 Å². The average Bonchev–Trinajstić information content (AvgIpc) is 3.03. The predicted octanol–water partition coefficient (Wildman–Crippen LogP) is 4.92. The summed E-state index contributed by atoms with van der Waals surface area (Å²) < 4.78 is 48.7. The van der Waals surface area contributed by atoms with Crippen molar-refractivity contribution >= 4 is 5.97 Å². The van der Waals surface area contributed by atoms with E-state index in [-0.39, 0.29) is 23.6 Å². The molecule has 28 heavy (non-hydrogen) atoms. The van der Waals surface area contributed by atoms with Crippen LogP contribution in [-0.2, 0) is 4.74 Å². The van der Waals surface area contributed by atoms with Gasteiger partial charge < -0.3 is 9.47 Å². The summed E-state index contributed by atoms with van der Waals surface area (Å²) in [5.41, 5.74) is 2.10. The standard InChI is InChI=1S/C20H17F3N2O3/c1-3-27-19(26)17-11-13(2)24-25(17)15-8-6-7-14(12-15)16-9-4-5-10-18(16)28-20(21,22)23/h4-12H,3H2,1-2H3. The second-order valence-corrected chi connectivity index (χ2v) is 5.90. The second-order valence-electron chi connectivity index (χ2n) is 5.90. The Morgan fingerprint density at radius 2 is 1.86 bits per heavy atom. The highest BCUT2D eigenvalue weighted by Crippen LogP contribution is 2.34. The van der Waals surface area contributed by atoms with Crippen LogP contribution in [0.3, 0.4) is 0 Å². The predicted molar refractivity (Wildman–Crippen MR) is 96.4 cm³/mol. The van der Waals surface area contributed by atoms with E-state index in [0.717, 1.165) is 0 Å². The highest BCUT2D eigenvalue weighted by Gasteiger charge is 2.32. The third-order valence-electron chi connectivity index (χ3n) is 3.83. The molecule has 0 amide bonds. The van der Waals surface area contributed by atoms with Crippen LogP contribution in [0.1, 0.15) is 23.1 Å². The van der Waals surface area contributed by atoms with Crippen LogP contribution in [0.25, 0.3) is 16.8 Å². The summed E-state index contributed by atoms with van der Waals surface area (Å²) in [4.78, 5) is 12.2. The van der Waals surface area contributed by atoms with E-state index >= 15 is 0 Å². The van der Waals surface area contributed by atoms with Crippen LogP contribution in [-0.4, -0.2) is 28.7 Å². The van der Waals surface area contributed by atoms with Crippen LogP contribution < -0.4 is 4.74 Å². The van der Waals surface area contributed by atoms with Gasteiger partial charge in [0, 0.05) is 5.56 Å². The van der Waals surface area contributed by atoms with Crippen molar-refractivity contribution in [3.63, 3.8) is 0 Å². The third-order valence-corrected chi connectivity index (χ3v) is 3.83. The first kappa shape index (κ1) is 19.5. The van der Waals surface area contributed by atoms with Gasteiger partial charge in [-0.05, 0) is 43.7 Å². The van der Waals surface area contributed by atoms with Crippen molar-refractivity contribution in [3.8, 4) is 22.6 Å². The summed E-state index contributed by atoms with van der Waals surface area (Å²) in [6, 6.07) is 14.1. The Hall–Kier alpha value is -3.29. The van der Waals surface area contributed by atoms with Crippen molar-refractivity contribution in [1.82, 2.24) is 9.78 Å². The number of esters is 1. The van der Waals surface area contributed by atoms with Gasteiger partial charge in [-0.15, -0.1) is 13.2 Å². The molecule has 0 N–H and O–H groups in total. The van der Waals surface area contributed by atoms with Crippen molar-refractivity contribution in [2.75, 3.05) is 6.61 Å². The molecule has 0 fully saturated rings. The molecule has 3 rings (SSSR count). The number of hydrogen-bond donors (Lipinski definition) is 0. The molecule has 0 aliphatic rings. The molecule has 1 aromatic heterocycles. The Bertz CT molecular complexity index is 996. The maximum Gasteiger partial charge on any atom is 0.573 e. The molecule has 2 aromatic carbocycles. The summed E-state index contributed by atoms with van der Waals surface area (Å²) in [5.74, 6) is -0.844. The van der Waals surface area contributed by atoms with Gasteiger partial charge in [0.25, 0.3) is 0 Å². The number of carbonyl (C=O) groups is 1. The molecule has 3 aromatic rings. The van der Waals surface area contributed by atoms with Crippen molar-refractivity contribution < 1.29 is 27.4 Å². The molecule has 146 valence electrons. The quantitative estimate of drug-likeness (QED) is 0.580. The zero-order valence-corrected chi connectivity index (χ0v) is 15.2. The molecule has 0 atom stereocenters. The fraction of sp³-hybridized carbons (Fsp3) is 0.200. The fourth-order valence-electron chi connectivity index (χ4n) is 2.77. The number of ether oxygens (including phenoxy) is 2. The molecule has 8 heteroatoms. The van der Waals surface area contributed by atoms with Gasteiger partial charge in [0.05, 0.1) is 18.0 Å². The Morgan fingerprint density at radius 3 is 2.57 bits per heavy atom. The van der Waals surface area contributed by atoms with Gasteiger partial charge in [0.2, 0.25) is 0 Å². The minimum absolute atomic E-state index is 0.214. The lowest BCUT2D eigenvalue weighted by Crippen LogP contribution is -2.17. The van der Waals surface area contributed by atoms with Crippen LogP contribution in [0, 0.1) is 6.92 Å². The number of nitrogens with zero attached hydrogens (tertiary/aromatic N) is 2. The number of aryl methyl sites for hydroxylation is 1. The van der Waals surface area contributed by atoms with Crippen LogP contribution in [0.2, 0.25) is 0 Å². The molecule has 0 bridgehead atoms. The second kappa shape index (κ2) is 7.75. The Kier molecular flexibility index (Phi) is 5.39. The maximum atomic E-state index is 12.7. The topological polar surface area (TPSA) is 53.3 Å². The number of hydrogen-bond acceptors (Lipinski definition) is 4. The molecule has 0 saturated carbocycles. The molecule has 0 unspecified atom stereocenters. The minimum Gasteiger partial charge on any atom is -0.461 e. The molecule has 0 aliphatic heterocycles. The Labute approximate surface area is 159 Å². The molecule has 0 aliphatic carbocycles. The molecular formula is C20H17F3N2O3. The number of benzene rings is 2. The van der Waals surface area contributed by atoms with Crippen molar-refractivity contribution in [3.05, 3.63) is 66.0 Å². The van der Waals surface area contributed by atoms with Crippen LogP contribution >= 0.6 is 0 Å². The summed E-state index contributed by atoms with van der Waals surface area (Å²) in [6.07, 6.45) is -4.80. The number of aromatic nitrogens is 2. The van der Waals surface area contributed by atoms with Crippen LogP contribution in [0.4, 0.5) is 13.2 Å². The van der Waals surface area contributed by atoms with E-state index in [1.54, 1.807) is 50.2 Å². The number of halogens is 3. The first-order valence-electron chi connectivity index (χ1n) is 8.48. The summed E-state index contributed by atoms with van der Waals surface area (Å²) in [7, 11) is 0. The summed E-state index contributed by atoms with van der Waals surface area (Å²) >= 11 is 0. The smallest absolute Gasteiger partial charge is 0.461 e. The number of para-hydroxylation sites is 1. The fourth-order valence-corrected chi connectivity index (χ4v) is 2.77. The van der Waals surface area contributed by atoms with Gasteiger partial charge in [-0.25, -0.2) is 9.48 Å². The normalized spacial score (nSPS) is 11.3. The summed E-state index contributed by atoms with van der Waals surface area (Å²) in [5, 5.41) is 4.31. The van der Waals surface area contributed by atoms with E-state index in [0.29, 0.717) is 16.9 Å². The average molecular weight is 390 g/mol. The Balaban J connectivity index is 2.05. The monoisotopic (exact) mass is 390 g/mol. The molecule has 1 heterocycles. The van der Waals surface area contributed by atoms with E-state index in [1.807, 2.05) is 0 Å². The molecule has 0 spiro atoms. The molecule has 5 nitrogen and oxygen atoms in total. The van der Waals surface area contributed by atoms with Gasteiger partial charge in [-0.1, -0.05) is 30.3 Å². The van der Waals surface area contributed by atoms with Crippen LogP contribution in [0.15, 0.2) is 54.6 Å².